The second kappa shape index (κ2) is 5.14. The molecule has 1 saturated carbocycles. The Labute approximate surface area is 123 Å². The largest absolute Gasteiger partial charge is 0.474 e. The SMILES string of the molecule is CC1CC(Oc2nc(NN)nc3[nH]ncc23)CC(C)(C)C1. The molecule has 1 aliphatic carbocycles. The molecule has 114 valence electrons. The molecule has 0 saturated heterocycles. The Morgan fingerprint density at radius 1 is 1.38 bits per heavy atom. The second-order valence-electron chi connectivity index (χ2n) is 6.78. The zero-order valence-electron chi connectivity index (χ0n) is 12.7. The fourth-order valence-electron chi connectivity index (χ4n) is 3.47. The van der Waals surface area contributed by atoms with E-state index in [1.807, 2.05) is 0 Å². The van der Waals surface area contributed by atoms with Gasteiger partial charge in [-0.25, -0.2) is 5.84 Å². The van der Waals surface area contributed by atoms with Crippen molar-refractivity contribution in [1.29, 1.82) is 0 Å². The number of aromatic amines is 1. The van der Waals surface area contributed by atoms with Crippen LogP contribution in [0.15, 0.2) is 6.20 Å². The summed E-state index contributed by atoms with van der Waals surface area (Å²) in [7, 11) is 0. The summed E-state index contributed by atoms with van der Waals surface area (Å²) in [5.41, 5.74) is 3.37. The number of hydrazine groups is 1. The van der Waals surface area contributed by atoms with Crippen molar-refractivity contribution in [2.24, 2.45) is 17.2 Å². The van der Waals surface area contributed by atoms with Gasteiger partial charge in [0.1, 0.15) is 11.5 Å². The Kier molecular flexibility index (Phi) is 3.44. The number of rotatable bonds is 3. The lowest BCUT2D eigenvalue weighted by Crippen LogP contribution is -2.34. The Morgan fingerprint density at radius 2 is 2.19 bits per heavy atom. The zero-order chi connectivity index (χ0) is 15.0. The highest BCUT2D eigenvalue weighted by Crippen LogP contribution is 2.40. The number of hydrogen-bond donors (Lipinski definition) is 3. The highest BCUT2D eigenvalue weighted by atomic mass is 16.5. The van der Waals surface area contributed by atoms with Gasteiger partial charge in [0, 0.05) is 0 Å². The number of nitrogen functional groups attached to an aromatic ring is 1. The molecule has 1 aliphatic rings. The third kappa shape index (κ3) is 2.92. The van der Waals surface area contributed by atoms with Gasteiger partial charge < -0.3 is 4.74 Å². The zero-order valence-corrected chi connectivity index (χ0v) is 12.7. The van der Waals surface area contributed by atoms with Crippen LogP contribution >= 0.6 is 0 Å². The van der Waals surface area contributed by atoms with E-state index in [1.54, 1.807) is 6.20 Å². The first-order valence-electron chi connectivity index (χ1n) is 7.31. The molecule has 0 aliphatic heterocycles. The van der Waals surface area contributed by atoms with Gasteiger partial charge in [0.05, 0.1) is 6.20 Å². The molecule has 2 heterocycles. The summed E-state index contributed by atoms with van der Waals surface area (Å²) >= 11 is 0. The van der Waals surface area contributed by atoms with Gasteiger partial charge in [-0.15, -0.1) is 0 Å². The standard InChI is InChI=1S/C14H22N6O/c1-8-4-9(6-14(2,3)5-8)21-12-10-7-16-20-11(10)17-13(18-12)19-15/h7-9H,4-6,15H2,1-3H3,(H2,16,17,18,19,20). The van der Waals surface area contributed by atoms with Crippen molar-refractivity contribution in [3.05, 3.63) is 6.20 Å². The molecule has 7 heteroatoms. The van der Waals surface area contributed by atoms with Crippen LogP contribution < -0.4 is 16.0 Å². The molecule has 0 spiro atoms. The smallest absolute Gasteiger partial charge is 0.242 e. The average Bonchev–Trinajstić information content (AvgIpc) is 2.84. The molecular weight excluding hydrogens is 268 g/mol. The Morgan fingerprint density at radius 3 is 2.90 bits per heavy atom. The van der Waals surface area contributed by atoms with Gasteiger partial charge in [-0.2, -0.15) is 15.1 Å². The molecule has 0 amide bonds. The molecule has 2 aromatic rings. The van der Waals surface area contributed by atoms with Crippen LogP contribution in [0.2, 0.25) is 0 Å². The Balaban J connectivity index is 1.88. The van der Waals surface area contributed by atoms with Gasteiger partial charge in [-0.3, -0.25) is 10.5 Å². The van der Waals surface area contributed by atoms with Gasteiger partial charge >= 0.3 is 0 Å². The highest BCUT2D eigenvalue weighted by molar-refractivity contribution is 5.80. The summed E-state index contributed by atoms with van der Waals surface area (Å²) < 4.78 is 6.17. The van der Waals surface area contributed by atoms with Gasteiger partial charge in [-0.05, 0) is 30.6 Å². The summed E-state index contributed by atoms with van der Waals surface area (Å²) in [6.45, 7) is 6.86. The summed E-state index contributed by atoms with van der Waals surface area (Å²) in [6, 6.07) is 0. The minimum Gasteiger partial charge on any atom is -0.474 e. The first-order valence-corrected chi connectivity index (χ1v) is 7.31. The van der Waals surface area contributed by atoms with E-state index in [1.165, 1.54) is 6.42 Å². The van der Waals surface area contributed by atoms with E-state index >= 15 is 0 Å². The number of hydrogen-bond acceptors (Lipinski definition) is 6. The molecule has 2 atom stereocenters. The van der Waals surface area contributed by atoms with Crippen LogP contribution in [0.1, 0.15) is 40.0 Å². The average molecular weight is 290 g/mol. The molecule has 7 nitrogen and oxygen atoms in total. The number of aromatic nitrogens is 4. The summed E-state index contributed by atoms with van der Waals surface area (Å²) in [6.07, 6.45) is 5.13. The van der Waals surface area contributed by atoms with Gasteiger partial charge in [-0.1, -0.05) is 20.8 Å². The number of H-pyrrole nitrogens is 1. The van der Waals surface area contributed by atoms with Crippen molar-refractivity contribution in [3.63, 3.8) is 0 Å². The number of ether oxygens (including phenoxy) is 1. The minimum absolute atomic E-state index is 0.155. The van der Waals surface area contributed by atoms with E-state index < -0.39 is 0 Å². The van der Waals surface area contributed by atoms with Gasteiger partial charge in [0.15, 0.2) is 5.65 Å². The second-order valence-corrected chi connectivity index (χ2v) is 6.78. The van der Waals surface area contributed by atoms with Gasteiger partial charge in [0.2, 0.25) is 11.8 Å². The lowest BCUT2D eigenvalue weighted by atomic mass is 9.71. The third-order valence-corrected chi connectivity index (χ3v) is 4.03. The molecular formula is C14H22N6O. The van der Waals surface area contributed by atoms with E-state index in [2.05, 4.69) is 46.4 Å². The molecule has 2 unspecified atom stereocenters. The van der Waals surface area contributed by atoms with Crippen LogP contribution in [0.25, 0.3) is 11.0 Å². The topological polar surface area (TPSA) is 102 Å². The van der Waals surface area contributed by atoms with E-state index in [-0.39, 0.29) is 6.10 Å². The van der Waals surface area contributed by atoms with Crippen LogP contribution in [-0.2, 0) is 0 Å². The number of anilines is 1. The first kappa shape index (κ1) is 14.1. The lowest BCUT2D eigenvalue weighted by molar-refractivity contribution is 0.0544. The predicted octanol–water partition coefficient (Wildman–Crippen LogP) is 2.23. The molecule has 2 aromatic heterocycles. The Hall–Kier alpha value is -1.89. The maximum Gasteiger partial charge on any atom is 0.242 e. The highest BCUT2D eigenvalue weighted by Gasteiger charge is 2.33. The van der Waals surface area contributed by atoms with Crippen molar-refractivity contribution in [2.75, 3.05) is 5.43 Å². The van der Waals surface area contributed by atoms with Gasteiger partial charge in [0.25, 0.3) is 0 Å². The fourth-order valence-corrected chi connectivity index (χ4v) is 3.47. The predicted molar refractivity (Wildman–Crippen MR) is 80.7 cm³/mol. The number of fused-ring (bicyclic) bond motifs is 1. The molecule has 21 heavy (non-hydrogen) atoms. The molecule has 3 rings (SSSR count). The van der Waals surface area contributed by atoms with Crippen molar-refractivity contribution >= 4 is 17.0 Å². The van der Waals surface area contributed by atoms with E-state index in [9.17, 15) is 0 Å². The minimum atomic E-state index is 0.155. The van der Waals surface area contributed by atoms with Crippen LogP contribution in [0.4, 0.5) is 5.95 Å². The molecule has 0 radical (unpaired) electrons. The normalized spacial score (nSPS) is 25.0. The maximum atomic E-state index is 6.17. The quantitative estimate of drug-likeness (QED) is 0.592. The monoisotopic (exact) mass is 290 g/mol. The van der Waals surface area contributed by atoms with Crippen LogP contribution in [-0.4, -0.2) is 26.3 Å². The molecule has 0 aromatic carbocycles. The van der Waals surface area contributed by atoms with E-state index in [0.717, 1.165) is 18.2 Å². The fraction of sp³-hybridized carbons (Fsp3) is 0.643. The molecule has 4 N–H and O–H groups in total. The first-order chi connectivity index (χ1) is 9.97. The van der Waals surface area contributed by atoms with Crippen LogP contribution in [0, 0.1) is 11.3 Å². The maximum absolute atomic E-state index is 6.17. The summed E-state index contributed by atoms with van der Waals surface area (Å²) in [5, 5.41) is 7.60. The summed E-state index contributed by atoms with van der Waals surface area (Å²) in [4.78, 5) is 8.53. The molecule has 1 fully saturated rings. The number of nitrogens with zero attached hydrogens (tertiary/aromatic N) is 3. The van der Waals surface area contributed by atoms with E-state index in [4.69, 9.17) is 10.6 Å². The number of nitrogens with one attached hydrogen (secondary N) is 2. The van der Waals surface area contributed by atoms with Crippen LogP contribution in [0.3, 0.4) is 0 Å². The Bertz CT molecular complexity index is 637. The van der Waals surface area contributed by atoms with Crippen LogP contribution in [0.5, 0.6) is 5.88 Å². The van der Waals surface area contributed by atoms with E-state index in [0.29, 0.717) is 28.8 Å². The van der Waals surface area contributed by atoms with Crippen molar-refractivity contribution in [2.45, 2.75) is 46.1 Å². The number of nitrogens with two attached hydrogens (primary N) is 1. The lowest BCUT2D eigenvalue weighted by Gasteiger charge is -2.38. The van der Waals surface area contributed by atoms with Crippen molar-refractivity contribution < 1.29 is 4.74 Å². The third-order valence-electron chi connectivity index (χ3n) is 4.03. The van der Waals surface area contributed by atoms with Crippen molar-refractivity contribution in [1.82, 2.24) is 20.2 Å². The van der Waals surface area contributed by atoms with Crippen molar-refractivity contribution in [3.8, 4) is 5.88 Å². The summed E-state index contributed by atoms with van der Waals surface area (Å²) in [5.74, 6) is 6.92. The molecule has 0 bridgehead atoms.